The molecule has 1 N–H and O–H groups in total. The topological polar surface area (TPSA) is 46.5 Å². The molecule has 0 amide bonds. The molecule has 0 saturated heterocycles. The van der Waals surface area contributed by atoms with E-state index in [0.29, 0.717) is 12.8 Å². The summed E-state index contributed by atoms with van der Waals surface area (Å²) >= 11 is 0. The first-order valence-electron chi connectivity index (χ1n) is 9.46. The monoisotopic (exact) mass is 314 g/mol. The largest absolute Gasteiger partial charge is 0.296 e. The highest BCUT2D eigenvalue weighted by Gasteiger charge is 2.32. The summed E-state index contributed by atoms with van der Waals surface area (Å²) in [5.41, 5.74) is -0.993. The van der Waals surface area contributed by atoms with Gasteiger partial charge in [-0.15, -0.1) is 0 Å². The molecule has 0 aliphatic carbocycles. The standard InChI is InChI=1S/C19H38O3/c1-4-6-7-8-9-10-11-12-13-14-15-16-17-19(3,22-21)18(20)5-2/h21H,4-17H2,1-3H3. The van der Waals surface area contributed by atoms with Gasteiger partial charge in [-0.3, -0.25) is 10.1 Å². The predicted octanol–water partition coefficient (Wildman–Crippen LogP) is 6.31. The second-order valence-corrected chi connectivity index (χ2v) is 6.74. The summed E-state index contributed by atoms with van der Waals surface area (Å²) in [6, 6.07) is 0. The summed E-state index contributed by atoms with van der Waals surface area (Å²) in [6.45, 7) is 5.76. The average Bonchev–Trinajstić information content (AvgIpc) is 2.54. The van der Waals surface area contributed by atoms with Crippen molar-refractivity contribution in [1.29, 1.82) is 0 Å². The number of hydrogen-bond acceptors (Lipinski definition) is 3. The van der Waals surface area contributed by atoms with E-state index in [-0.39, 0.29) is 5.78 Å². The fourth-order valence-electron chi connectivity index (χ4n) is 2.91. The van der Waals surface area contributed by atoms with Gasteiger partial charge in [-0.2, -0.15) is 0 Å². The Morgan fingerprint density at radius 3 is 1.59 bits per heavy atom. The molecular weight excluding hydrogens is 276 g/mol. The zero-order valence-electron chi connectivity index (χ0n) is 15.2. The number of ketones is 1. The van der Waals surface area contributed by atoms with E-state index in [2.05, 4.69) is 11.8 Å². The van der Waals surface area contributed by atoms with Crippen molar-refractivity contribution < 1.29 is 14.9 Å². The van der Waals surface area contributed by atoms with E-state index in [9.17, 15) is 4.79 Å². The molecule has 0 heterocycles. The van der Waals surface area contributed by atoms with Crippen LogP contribution >= 0.6 is 0 Å². The van der Waals surface area contributed by atoms with Gasteiger partial charge in [0, 0.05) is 6.42 Å². The van der Waals surface area contributed by atoms with Crippen molar-refractivity contribution in [1.82, 2.24) is 0 Å². The van der Waals surface area contributed by atoms with E-state index in [1.165, 1.54) is 64.2 Å². The molecule has 1 unspecified atom stereocenters. The van der Waals surface area contributed by atoms with Gasteiger partial charge >= 0.3 is 0 Å². The second-order valence-electron chi connectivity index (χ2n) is 6.74. The molecule has 0 spiro atoms. The van der Waals surface area contributed by atoms with E-state index < -0.39 is 5.60 Å². The molecule has 0 fully saturated rings. The molecule has 0 aliphatic heterocycles. The number of unbranched alkanes of at least 4 members (excludes halogenated alkanes) is 11. The van der Waals surface area contributed by atoms with E-state index in [1.54, 1.807) is 6.92 Å². The molecule has 0 rings (SSSR count). The molecule has 0 saturated carbocycles. The molecule has 0 aromatic carbocycles. The van der Waals surface area contributed by atoms with Crippen LogP contribution < -0.4 is 0 Å². The Kier molecular flexibility index (Phi) is 13.9. The molecule has 132 valence electrons. The van der Waals surface area contributed by atoms with Gasteiger partial charge in [0.1, 0.15) is 0 Å². The number of Topliss-reactive ketones (excluding diaryl/α,β-unsaturated/α-hetero) is 1. The number of carbonyl (C=O) groups excluding carboxylic acids is 1. The maximum atomic E-state index is 11.7. The zero-order chi connectivity index (χ0) is 16.7. The summed E-state index contributed by atoms with van der Waals surface area (Å²) in [6.07, 6.45) is 16.6. The fourth-order valence-corrected chi connectivity index (χ4v) is 2.91. The van der Waals surface area contributed by atoms with Gasteiger partial charge < -0.3 is 0 Å². The zero-order valence-corrected chi connectivity index (χ0v) is 15.2. The third-order valence-electron chi connectivity index (χ3n) is 4.62. The normalized spacial score (nSPS) is 14.0. The lowest BCUT2D eigenvalue weighted by molar-refractivity contribution is -0.308. The van der Waals surface area contributed by atoms with Crippen molar-refractivity contribution in [3.63, 3.8) is 0 Å². The summed E-state index contributed by atoms with van der Waals surface area (Å²) in [4.78, 5) is 16.2. The molecule has 22 heavy (non-hydrogen) atoms. The maximum Gasteiger partial charge on any atom is 0.167 e. The second kappa shape index (κ2) is 14.2. The van der Waals surface area contributed by atoms with Gasteiger partial charge in [-0.1, -0.05) is 84.5 Å². The van der Waals surface area contributed by atoms with E-state index in [1.807, 2.05) is 6.92 Å². The molecule has 0 aromatic rings. The van der Waals surface area contributed by atoms with Crippen molar-refractivity contribution in [2.24, 2.45) is 0 Å². The van der Waals surface area contributed by atoms with Gasteiger partial charge in [-0.05, 0) is 19.8 Å². The van der Waals surface area contributed by atoms with Crippen LogP contribution in [0.2, 0.25) is 0 Å². The van der Waals surface area contributed by atoms with Crippen LogP contribution in [-0.2, 0) is 9.68 Å². The molecule has 0 aliphatic rings. The summed E-state index contributed by atoms with van der Waals surface area (Å²) in [5, 5.41) is 8.94. The Labute approximate surface area is 137 Å². The summed E-state index contributed by atoms with van der Waals surface area (Å²) < 4.78 is 0. The van der Waals surface area contributed by atoms with Gasteiger partial charge in [0.15, 0.2) is 11.4 Å². The number of carbonyl (C=O) groups is 1. The van der Waals surface area contributed by atoms with E-state index >= 15 is 0 Å². The highest BCUT2D eigenvalue weighted by Crippen LogP contribution is 2.22. The maximum absolute atomic E-state index is 11.7. The average molecular weight is 315 g/mol. The highest BCUT2D eigenvalue weighted by atomic mass is 17.1. The Morgan fingerprint density at radius 2 is 1.23 bits per heavy atom. The summed E-state index contributed by atoms with van der Waals surface area (Å²) in [5.74, 6) is -0.0157. The van der Waals surface area contributed by atoms with Gasteiger partial charge in [0.05, 0.1) is 0 Å². The molecule has 0 aromatic heterocycles. The molecule has 0 radical (unpaired) electrons. The van der Waals surface area contributed by atoms with Gasteiger partial charge in [0.2, 0.25) is 0 Å². The lowest BCUT2D eigenvalue weighted by atomic mass is 9.92. The van der Waals surface area contributed by atoms with Gasteiger partial charge in [-0.25, -0.2) is 4.89 Å². The Morgan fingerprint density at radius 1 is 0.818 bits per heavy atom. The van der Waals surface area contributed by atoms with Crippen LogP contribution in [0.15, 0.2) is 0 Å². The SMILES string of the molecule is CCCCCCCCCCCCCCC(C)(OO)C(=O)CC. The lowest BCUT2D eigenvalue weighted by Gasteiger charge is -2.23. The van der Waals surface area contributed by atoms with Crippen molar-refractivity contribution in [2.75, 3.05) is 0 Å². The lowest BCUT2D eigenvalue weighted by Crippen LogP contribution is -2.37. The predicted molar refractivity (Wildman–Crippen MR) is 93.1 cm³/mol. The minimum Gasteiger partial charge on any atom is -0.296 e. The Hall–Kier alpha value is -0.410. The molecule has 0 bridgehead atoms. The van der Waals surface area contributed by atoms with Crippen LogP contribution in [0.4, 0.5) is 0 Å². The van der Waals surface area contributed by atoms with E-state index in [0.717, 1.165) is 12.8 Å². The van der Waals surface area contributed by atoms with Crippen LogP contribution in [0.1, 0.15) is 111 Å². The van der Waals surface area contributed by atoms with Crippen LogP contribution in [0.25, 0.3) is 0 Å². The van der Waals surface area contributed by atoms with Crippen LogP contribution in [0, 0.1) is 0 Å². The first kappa shape index (κ1) is 21.6. The van der Waals surface area contributed by atoms with Crippen molar-refractivity contribution >= 4 is 5.78 Å². The molecule has 1 atom stereocenters. The third-order valence-corrected chi connectivity index (χ3v) is 4.62. The number of rotatable bonds is 16. The van der Waals surface area contributed by atoms with Crippen molar-refractivity contribution in [3.05, 3.63) is 0 Å². The van der Waals surface area contributed by atoms with Crippen LogP contribution in [0.3, 0.4) is 0 Å². The van der Waals surface area contributed by atoms with Crippen LogP contribution in [0.5, 0.6) is 0 Å². The van der Waals surface area contributed by atoms with Crippen molar-refractivity contribution in [3.8, 4) is 0 Å². The highest BCUT2D eigenvalue weighted by molar-refractivity contribution is 5.86. The fraction of sp³-hybridized carbons (Fsp3) is 0.947. The molecular formula is C19H38O3. The smallest absolute Gasteiger partial charge is 0.167 e. The minimum atomic E-state index is -0.993. The quantitative estimate of drug-likeness (QED) is 0.206. The first-order valence-corrected chi connectivity index (χ1v) is 9.46. The molecule has 3 nitrogen and oxygen atoms in total. The first-order chi connectivity index (χ1) is 10.6. The summed E-state index contributed by atoms with van der Waals surface area (Å²) in [7, 11) is 0. The van der Waals surface area contributed by atoms with Crippen molar-refractivity contribution in [2.45, 2.75) is 116 Å². The molecule has 3 heteroatoms. The minimum absolute atomic E-state index is 0.0157. The number of hydrogen-bond donors (Lipinski definition) is 1. The Bertz CT molecular complexity index is 265. The van der Waals surface area contributed by atoms with E-state index in [4.69, 9.17) is 5.26 Å². The van der Waals surface area contributed by atoms with Gasteiger partial charge in [0.25, 0.3) is 0 Å². The Balaban J connectivity index is 3.41. The third kappa shape index (κ3) is 10.3. The van der Waals surface area contributed by atoms with Crippen LogP contribution in [-0.4, -0.2) is 16.6 Å².